The standard InChI is InChI=1S/C17H16FN3/c18-14-8-4-7-13(10-14)16-11-20-17(21-16)15(19)9-12-5-2-1-3-6-12/h1-8,10-11,15H,9,19H2,(H,20,21). The highest BCUT2D eigenvalue weighted by Gasteiger charge is 2.12. The summed E-state index contributed by atoms with van der Waals surface area (Å²) >= 11 is 0. The van der Waals surface area contributed by atoms with E-state index in [4.69, 9.17) is 5.73 Å². The predicted octanol–water partition coefficient (Wildman–Crippen LogP) is 3.46. The van der Waals surface area contributed by atoms with Gasteiger partial charge in [-0.15, -0.1) is 0 Å². The summed E-state index contributed by atoms with van der Waals surface area (Å²) in [5.74, 6) is 0.440. The maximum Gasteiger partial charge on any atom is 0.123 e. The van der Waals surface area contributed by atoms with Crippen molar-refractivity contribution >= 4 is 0 Å². The summed E-state index contributed by atoms with van der Waals surface area (Å²) in [5, 5.41) is 0. The van der Waals surface area contributed by atoms with Crippen molar-refractivity contribution in [2.45, 2.75) is 12.5 Å². The van der Waals surface area contributed by atoms with Crippen LogP contribution in [0.4, 0.5) is 4.39 Å². The molecule has 1 heterocycles. The van der Waals surface area contributed by atoms with Crippen LogP contribution >= 0.6 is 0 Å². The van der Waals surface area contributed by atoms with E-state index in [2.05, 4.69) is 9.97 Å². The number of imidazole rings is 1. The molecule has 0 saturated carbocycles. The zero-order valence-electron chi connectivity index (χ0n) is 11.5. The molecular formula is C17H16FN3. The van der Waals surface area contributed by atoms with E-state index in [0.717, 1.165) is 16.8 Å². The van der Waals surface area contributed by atoms with Crippen molar-refractivity contribution in [2.24, 2.45) is 5.73 Å². The molecule has 0 bridgehead atoms. The highest BCUT2D eigenvalue weighted by atomic mass is 19.1. The van der Waals surface area contributed by atoms with Gasteiger partial charge in [-0.25, -0.2) is 9.37 Å². The highest BCUT2D eigenvalue weighted by molar-refractivity contribution is 5.58. The molecule has 1 aromatic heterocycles. The van der Waals surface area contributed by atoms with Crippen LogP contribution in [-0.2, 0) is 6.42 Å². The third kappa shape index (κ3) is 3.17. The van der Waals surface area contributed by atoms with E-state index in [1.165, 1.54) is 12.1 Å². The lowest BCUT2D eigenvalue weighted by Crippen LogP contribution is -2.14. The number of nitrogens with one attached hydrogen (secondary N) is 1. The van der Waals surface area contributed by atoms with E-state index >= 15 is 0 Å². The lowest BCUT2D eigenvalue weighted by Gasteiger charge is -2.08. The topological polar surface area (TPSA) is 54.7 Å². The summed E-state index contributed by atoms with van der Waals surface area (Å²) in [4.78, 5) is 7.49. The van der Waals surface area contributed by atoms with Gasteiger partial charge in [0.25, 0.3) is 0 Å². The van der Waals surface area contributed by atoms with Crippen molar-refractivity contribution in [3.63, 3.8) is 0 Å². The Hall–Kier alpha value is -2.46. The van der Waals surface area contributed by atoms with Crippen LogP contribution in [0.1, 0.15) is 17.4 Å². The SMILES string of the molecule is NC(Cc1ccccc1)c1ncc(-c2cccc(F)c2)[nH]1. The molecule has 0 radical (unpaired) electrons. The minimum Gasteiger partial charge on any atom is -0.341 e. The molecule has 0 spiro atoms. The van der Waals surface area contributed by atoms with Crippen molar-refractivity contribution in [3.05, 3.63) is 78.0 Å². The Bertz CT molecular complexity index is 722. The van der Waals surface area contributed by atoms with E-state index < -0.39 is 0 Å². The molecule has 0 aliphatic rings. The average molecular weight is 281 g/mol. The van der Waals surface area contributed by atoms with Gasteiger partial charge in [0.1, 0.15) is 11.6 Å². The van der Waals surface area contributed by atoms with Gasteiger partial charge in [0.15, 0.2) is 0 Å². The number of halogens is 1. The van der Waals surface area contributed by atoms with Crippen LogP contribution < -0.4 is 5.73 Å². The van der Waals surface area contributed by atoms with E-state index in [0.29, 0.717) is 12.2 Å². The summed E-state index contributed by atoms with van der Waals surface area (Å²) in [6, 6.07) is 16.2. The van der Waals surface area contributed by atoms with Gasteiger partial charge in [-0.1, -0.05) is 42.5 Å². The molecule has 0 saturated heterocycles. The molecule has 1 atom stereocenters. The molecular weight excluding hydrogens is 265 g/mol. The van der Waals surface area contributed by atoms with E-state index in [-0.39, 0.29) is 11.9 Å². The number of hydrogen-bond acceptors (Lipinski definition) is 2. The Morgan fingerprint density at radius 1 is 1.10 bits per heavy atom. The fourth-order valence-electron chi connectivity index (χ4n) is 2.29. The van der Waals surface area contributed by atoms with Gasteiger partial charge in [0, 0.05) is 5.56 Å². The zero-order valence-corrected chi connectivity index (χ0v) is 11.5. The minimum absolute atomic E-state index is 0.213. The number of H-pyrrole nitrogens is 1. The van der Waals surface area contributed by atoms with Crippen LogP contribution in [-0.4, -0.2) is 9.97 Å². The molecule has 3 N–H and O–H groups in total. The Kier molecular flexibility index (Phi) is 3.79. The largest absolute Gasteiger partial charge is 0.341 e. The first-order valence-electron chi connectivity index (χ1n) is 6.83. The second kappa shape index (κ2) is 5.89. The maximum absolute atomic E-state index is 13.2. The molecule has 3 rings (SSSR count). The van der Waals surface area contributed by atoms with Gasteiger partial charge in [0.2, 0.25) is 0 Å². The first-order valence-corrected chi connectivity index (χ1v) is 6.83. The van der Waals surface area contributed by atoms with Crippen molar-refractivity contribution in [1.29, 1.82) is 0 Å². The van der Waals surface area contributed by atoms with Crippen LogP contribution in [0.3, 0.4) is 0 Å². The Balaban J connectivity index is 1.78. The third-order valence-corrected chi connectivity index (χ3v) is 3.38. The number of aromatic nitrogens is 2. The fourth-order valence-corrected chi connectivity index (χ4v) is 2.29. The molecule has 3 nitrogen and oxygen atoms in total. The molecule has 21 heavy (non-hydrogen) atoms. The van der Waals surface area contributed by atoms with Gasteiger partial charge >= 0.3 is 0 Å². The lowest BCUT2D eigenvalue weighted by atomic mass is 10.1. The van der Waals surface area contributed by atoms with Gasteiger partial charge in [-0.2, -0.15) is 0 Å². The molecule has 3 aromatic rings. The first-order chi connectivity index (χ1) is 10.2. The Morgan fingerprint density at radius 2 is 1.90 bits per heavy atom. The summed E-state index contributed by atoms with van der Waals surface area (Å²) in [5.41, 5.74) is 8.88. The molecule has 4 heteroatoms. The third-order valence-electron chi connectivity index (χ3n) is 3.38. The summed E-state index contributed by atoms with van der Waals surface area (Å²) in [7, 11) is 0. The number of rotatable bonds is 4. The van der Waals surface area contributed by atoms with E-state index in [1.807, 2.05) is 36.4 Å². The van der Waals surface area contributed by atoms with E-state index in [1.54, 1.807) is 12.3 Å². The monoisotopic (exact) mass is 281 g/mol. The molecule has 0 aliphatic carbocycles. The van der Waals surface area contributed by atoms with Gasteiger partial charge in [0.05, 0.1) is 17.9 Å². The zero-order chi connectivity index (χ0) is 14.7. The molecule has 0 fully saturated rings. The summed E-state index contributed by atoms with van der Waals surface area (Å²) in [6.07, 6.45) is 2.39. The van der Waals surface area contributed by atoms with Crippen molar-refractivity contribution in [1.82, 2.24) is 9.97 Å². The van der Waals surface area contributed by atoms with Gasteiger partial charge < -0.3 is 10.7 Å². The molecule has 0 amide bonds. The highest BCUT2D eigenvalue weighted by Crippen LogP contribution is 2.20. The van der Waals surface area contributed by atoms with Crippen LogP contribution in [0.2, 0.25) is 0 Å². The number of benzene rings is 2. The molecule has 106 valence electrons. The van der Waals surface area contributed by atoms with Crippen molar-refractivity contribution < 1.29 is 4.39 Å². The van der Waals surface area contributed by atoms with Crippen LogP contribution in [0, 0.1) is 5.82 Å². The van der Waals surface area contributed by atoms with Crippen LogP contribution in [0.5, 0.6) is 0 Å². The second-order valence-corrected chi connectivity index (χ2v) is 4.99. The van der Waals surface area contributed by atoms with Gasteiger partial charge in [-0.3, -0.25) is 0 Å². The second-order valence-electron chi connectivity index (χ2n) is 4.99. The summed E-state index contributed by atoms with van der Waals surface area (Å²) < 4.78 is 13.2. The Labute approximate surface area is 122 Å². The van der Waals surface area contributed by atoms with Gasteiger partial charge in [-0.05, 0) is 24.1 Å². The molecule has 0 aliphatic heterocycles. The maximum atomic E-state index is 13.2. The quantitative estimate of drug-likeness (QED) is 0.769. The average Bonchev–Trinajstić information content (AvgIpc) is 2.98. The minimum atomic E-state index is -0.266. The molecule has 1 unspecified atom stereocenters. The number of hydrogen-bond donors (Lipinski definition) is 2. The number of aromatic amines is 1. The lowest BCUT2D eigenvalue weighted by molar-refractivity contribution is 0.628. The Morgan fingerprint density at radius 3 is 2.67 bits per heavy atom. The number of nitrogens with two attached hydrogens (primary N) is 1. The smallest absolute Gasteiger partial charge is 0.123 e. The van der Waals surface area contributed by atoms with Crippen molar-refractivity contribution in [2.75, 3.05) is 0 Å². The van der Waals surface area contributed by atoms with Crippen LogP contribution in [0.15, 0.2) is 60.8 Å². The predicted molar refractivity (Wildman–Crippen MR) is 81.1 cm³/mol. The normalized spacial score (nSPS) is 12.3. The summed E-state index contributed by atoms with van der Waals surface area (Å²) in [6.45, 7) is 0. The van der Waals surface area contributed by atoms with Crippen LogP contribution in [0.25, 0.3) is 11.3 Å². The number of nitrogens with zero attached hydrogens (tertiary/aromatic N) is 1. The fraction of sp³-hybridized carbons (Fsp3) is 0.118. The molecule has 2 aromatic carbocycles. The van der Waals surface area contributed by atoms with Crippen molar-refractivity contribution in [3.8, 4) is 11.3 Å². The van der Waals surface area contributed by atoms with E-state index in [9.17, 15) is 4.39 Å². The first kappa shape index (κ1) is 13.5.